The molecule has 0 unspecified atom stereocenters. The van der Waals surface area contributed by atoms with E-state index in [0.29, 0.717) is 16.3 Å². The summed E-state index contributed by atoms with van der Waals surface area (Å²) in [6.45, 7) is 3.11. The minimum atomic E-state index is -0.848. The van der Waals surface area contributed by atoms with Gasteiger partial charge in [-0.1, -0.05) is 32.0 Å². The lowest BCUT2D eigenvalue weighted by Gasteiger charge is -2.20. The van der Waals surface area contributed by atoms with Crippen LogP contribution < -0.4 is 15.4 Å². The third kappa shape index (κ3) is 5.82. The van der Waals surface area contributed by atoms with Gasteiger partial charge in [-0.2, -0.15) is 0 Å². The van der Waals surface area contributed by atoms with Gasteiger partial charge in [-0.25, -0.2) is 4.79 Å². The fraction of sp³-hybridized carbons (Fsp3) is 0.316. The predicted molar refractivity (Wildman–Crippen MR) is 103 cm³/mol. The van der Waals surface area contributed by atoms with E-state index < -0.39 is 24.5 Å². The van der Waals surface area contributed by atoms with E-state index in [9.17, 15) is 14.4 Å². The number of amides is 2. The van der Waals surface area contributed by atoms with Gasteiger partial charge in [-0.05, 0) is 29.5 Å². The molecule has 2 N–H and O–H groups in total. The number of hydrogen-bond acceptors (Lipinski definition) is 6. The highest BCUT2D eigenvalue weighted by atomic mass is 32.1. The van der Waals surface area contributed by atoms with Crippen molar-refractivity contribution in [1.82, 2.24) is 5.32 Å². The van der Waals surface area contributed by atoms with Crippen molar-refractivity contribution in [3.05, 3.63) is 46.7 Å². The van der Waals surface area contributed by atoms with Gasteiger partial charge in [0, 0.05) is 0 Å². The number of benzene rings is 1. The molecule has 0 saturated heterocycles. The fourth-order valence-corrected chi connectivity index (χ4v) is 2.91. The summed E-state index contributed by atoms with van der Waals surface area (Å²) < 4.78 is 10.2. The molecule has 1 atom stereocenters. The number of ether oxygens (including phenoxy) is 2. The molecular formula is C19H22N2O5S. The zero-order valence-corrected chi connectivity index (χ0v) is 16.2. The average Bonchev–Trinajstić information content (AvgIpc) is 3.19. The van der Waals surface area contributed by atoms with E-state index in [1.54, 1.807) is 55.6 Å². The average molecular weight is 390 g/mol. The number of esters is 1. The summed E-state index contributed by atoms with van der Waals surface area (Å²) in [5, 5.41) is 7.05. The molecule has 1 aromatic heterocycles. The van der Waals surface area contributed by atoms with Crippen molar-refractivity contribution in [2.24, 2.45) is 5.92 Å². The minimum Gasteiger partial charge on any atom is -0.495 e. The first-order chi connectivity index (χ1) is 12.9. The number of anilines is 1. The topological polar surface area (TPSA) is 93.7 Å². The maximum Gasteiger partial charge on any atom is 0.329 e. The number of carbonyl (C=O) groups excluding carboxylic acids is 3. The van der Waals surface area contributed by atoms with Gasteiger partial charge in [-0.3, -0.25) is 9.59 Å². The molecule has 144 valence electrons. The molecule has 0 fully saturated rings. The molecule has 0 aliphatic rings. The number of hydrogen-bond donors (Lipinski definition) is 2. The van der Waals surface area contributed by atoms with Crippen molar-refractivity contribution < 1.29 is 23.9 Å². The summed E-state index contributed by atoms with van der Waals surface area (Å²) in [5.41, 5.74) is 0.479. The largest absolute Gasteiger partial charge is 0.495 e. The smallest absolute Gasteiger partial charge is 0.329 e. The van der Waals surface area contributed by atoms with Crippen LogP contribution in [0.2, 0.25) is 0 Å². The lowest BCUT2D eigenvalue weighted by atomic mass is 10.0. The summed E-state index contributed by atoms with van der Waals surface area (Å²) in [6.07, 6.45) is 0. The normalized spacial score (nSPS) is 11.6. The lowest BCUT2D eigenvalue weighted by Crippen LogP contribution is -2.45. The Bertz CT molecular complexity index is 789. The van der Waals surface area contributed by atoms with Crippen molar-refractivity contribution in [3.8, 4) is 5.75 Å². The van der Waals surface area contributed by atoms with Gasteiger partial charge in [-0.15, -0.1) is 11.3 Å². The lowest BCUT2D eigenvalue weighted by molar-refractivity contribution is -0.150. The number of methoxy groups -OCH3 is 1. The first-order valence-corrected chi connectivity index (χ1v) is 9.24. The third-order valence-corrected chi connectivity index (χ3v) is 4.55. The molecule has 8 heteroatoms. The molecule has 27 heavy (non-hydrogen) atoms. The number of thiophene rings is 1. The standard InChI is InChI=1S/C19H22N2O5S/c1-12(2)17(21-18(23)15-9-6-10-27-15)19(24)26-11-16(22)20-13-7-4-5-8-14(13)25-3/h4-10,12,17H,11H2,1-3H3,(H,20,22)(H,21,23)/t17-/m1/s1. The van der Waals surface area contributed by atoms with E-state index in [1.165, 1.54) is 18.4 Å². The Labute approximate surface area is 161 Å². The van der Waals surface area contributed by atoms with Crippen LogP contribution in [-0.4, -0.2) is 37.5 Å². The number of rotatable bonds is 8. The molecule has 2 aromatic rings. The van der Waals surface area contributed by atoms with Crippen molar-refractivity contribution >= 4 is 34.8 Å². The van der Waals surface area contributed by atoms with Crippen LogP contribution in [0.5, 0.6) is 5.75 Å². The second-order valence-corrected chi connectivity index (χ2v) is 6.98. The Hall–Kier alpha value is -2.87. The summed E-state index contributed by atoms with van der Waals surface area (Å²) in [7, 11) is 1.49. The van der Waals surface area contributed by atoms with Crippen molar-refractivity contribution in [2.45, 2.75) is 19.9 Å². The molecule has 0 bridgehead atoms. The molecule has 1 aromatic carbocycles. The molecule has 0 saturated carbocycles. The quantitative estimate of drug-likeness (QED) is 0.676. The molecule has 7 nitrogen and oxygen atoms in total. The second-order valence-electron chi connectivity index (χ2n) is 6.03. The fourth-order valence-electron chi connectivity index (χ4n) is 2.28. The molecule has 2 amide bonds. The minimum absolute atomic E-state index is 0.196. The summed E-state index contributed by atoms with van der Waals surface area (Å²) in [4.78, 5) is 37.1. The molecule has 0 radical (unpaired) electrons. The van der Waals surface area contributed by atoms with Gasteiger partial charge in [0.15, 0.2) is 6.61 Å². The van der Waals surface area contributed by atoms with Crippen LogP contribution in [0.3, 0.4) is 0 Å². The van der Waals surface area contributed by atoms with Crippen molar-refractivity contribution in [3.63, 3.8) is 0 Å². The third-order valence-electron chi connectivity index (χ3n) is 3.68. The maximum absolute atomic E-state index is 12.3. The Kier molecular flexibility index (Phi) is 7.36. The van der Waals surface area contributed by atoms with Crippen LogP contribution in [0.1, 0.15) is 23.5 Å². The van der Waals surface area contributed by atoms with Gasteiger partial charge in [0.2, 0.25) is 0 Å². The number of carbonyl (C=O) groups is 3. The summed E-state index contributed by atoms with van der Waals surface area (Å²) in [5.74, 6) is -1.21. The van der Waals surface area contributed by atoms with E-state index in [0.717, 1.165) is 0 Å². The van der Waals surface area contributed by atoms with Gasteiger partial charge in [0.05, 0.1) is 17.7 Å². The van der Waals surface area contributed by atoms with E-state index in [2.05, 4.69) is 10.6 Å². The molecule has 2 rings (SSSR count). The Morgan fingerprint density at radius 1 is 1.11 bits per heavy atom. The first-order valence-electron chi connectivity index (χ1n) is 8.36. The Morgan fingerprint density at radius 2 is 1.85 bits per heavy atom. The van der Waals surface area contributed by atoms with E-state index in [-0.39, 0.29) is 11.8 Å². The molecule has 1 heterocycles. The molecule has 0 aliphatic heterocycles. The van der Waals surface area contributed by atoms with Crippen LogP contribution in [0.15, 0.2) is 41.8 Å². The highest BCUT2D eigenvalue weighted by Gasteiger charge is 2.27. The zero-order chi connectivity index (χ0) is 19.8. The molecule has 0 aliphatic carbocycles. The summed E-state index contributed by atoms with van der Waals surface area (Å²) in [6, 6.07) is 9.48. The molecule has 0 spiro atoms. The van der Waals surface area contributed by atoms with Gasteiger partial charge in [0.25, 0.3) is 11.8 Å². The van der Waals surface area contributed by atoms with Crippen molar-refractivity contribution in [1.29, 1.82) is 0 Å². The molecular weight excluding hydrogens is 368 g/mol. The zero-order valence-electron chi connectivity index (χ0n) is 15.4. The Morgan fingerprint density at radius 3 is 2.48 bits per heavy atom. The van der Waals surface area contributed by atoms with E-state index in [4.69, 9.17) is 9.47 Å². The number of para-hydroxylation sites is 2. The highest BCUT2D eigenvalue weighted by Crippen LogP contribution is 2.22. The van der Waals surface area contributed by atoms with Gasteiger partial charge < -0.3 is 20.1 Å². The van der Waals surface area contributed by atoms with Crippen LogP contribution in [0.25, 0.3) is 0 Å². The van der Waals surface area contributed by atoms with Crippen LogP contribution in [0, 0.1) is 5.92 Å². The Balaban J connectivity index is 1.91. The number of nitrogens with one attached hydrogen (secondary N) is 2. The van der Waals surface area contributed by atoms with Crippen LogP contribution >= 0.6 is 11.3 Å². The van der Waals surface area contributed by atoms with E-state index >= 15 is 0 Å². The summed E-state index contributed by atoms with van der Waals surface area (Å²) >= 11 is 1.28. The van der Waals surface area contributed by atoms with Crippen molar-refractivity contribution in [2.75, 3.05) is 19.0 Å². The second kappa shape index (κ2) is 9.72. The highest BCUT2D eigenvalue weighted by molar-refractivity contribution is 7.12. The predicted octanol–water partition coefficient (Wildman–Crippen LogP) is 2.69. The first kappa shape index (κ1) is 20.4. The van der Waals surface area contributed by atoms with Crippen LogP contribution in [0.4, 0.5) is 5.69 Å². The van der Waals surface area contributed by atoms with Gasteiger partial charge in [0.1, 0.15) is 11.8 Å². The van der Waals surface area contributed by atoms with Gasteiger partial charge >= 0.3 is 5.97 Å². The monoisotopic (exact) mass is 390 g/mol. The van der Waals surface area contributed by atoms with E-state index in [1.807, 2.05) is 0 Å². The SMILES string of the molecule is COc1ccccc1NC(=O)COC(=O)[C@H](NC(=O)c1cccs1)C(C)C. The maximum atomic E-state index is 12.3. The van der Waals surface area contributed by atoms with Crippen LogP contribution in [-0.2, 0) is 14.3 Å².